The molecule has 1 fully saturated rings. The SMILES string of the molecule is CC1CCC(C(N)=O)CN1C(=O)c1ccc(F)cc1Br. The highest BCUT2D eigenvalue weighted by atomic mass is 79.9. The Morgan fingerprint density at radius 2 is 2.10 bits per heavy atom. The molecule has 1 saturated heterocycles. The number of piperidine rings is 1. The fourth-order valence-electron chi connectivity index (χ4n) is 2.44. The van der Waals surface area contributed by atoms with E-state index in [9.17, 15) is 14.0 Å². The van der Waals surface area contributed by atoms with Crippen molar-refractivity contribution in [2.45, 2.75) is 25.8 Å². The Morgan fingerprint density at radius 3 is 2.70 bits per heavy atom. The zero-order valence-corrected chi connectivity index (χ0v) is 12.7. The number of hydrogen-bond acceptors (Lipinski definition) is 2. The van der Waals surface area contributed by atoms with Crippen LogP contribution in [0.3, 0.4) is 0 Å². The van der Waals surface area contributed by atoms with Crippen LogP contribution >= 0.6 is 15.9 Å². The van der Waals surface area contributed by atoms with Crippen LogP contribution in [0.25, 0.3) is 0 Å². The van der Waals surface area contributed by atoms with E-state index in [-0.39, 0.29) is 23.8 Å². The second kappa shape index (κ2) is 5.91. The van der Waals surface area contributed by atoms with Crippen LogP contribution in [-0.2, 0) is 4.79 Å². The number of nitrogens with zero attached hydrogens (tertiary/aromatic N) is 1. The molecule has 4 nitrogen and oxygen atoms in total. The molecule has 1 aliphatic rings. The van der Waals surface area contributed by atoms with E-state index >= 15 is 0 Å². The van der Waals surface area contributed by atoms with Crippen LogP contribution in [0.4, 0.5) is 4.39 Å². The highest BCUT2D eigenvalue weighted by molar-refractivity contribution is 9.10. The lowest BCUT2D eigenvalue weighted by molar-refractivity contribution is -0.123. The van der Waals surface area contributed by atoms with Crippen molar-refractivity contribution in [1.29, 1.82) is 0 Å². The van der Waals surface area contributed by atoms with Gasteiger partial charge in [0.05, 0.1) is 11.5 Å². The molecule has 0 aliphatic carbocycles. The van der Waals surface area contributed by atoms with Crippen molar-refractivity contribution in [2.24, 2.45) is 11.7 Å². The third-order valence-corrected chi connectivity index (χ3v) is 4.36. The van der Waals surface area contributed by atoms with E-state index in [0.29, 0.717) is 23.0 Å². The zero-order valence-electron chi connectivity index (χ0n) is 11.1. The fraction of sp³-hybridized carbons (Fsp3) is 0.429. The lowest BCUT2D eigenvalue weighted by atomic mass is 9.92. The van der Waals surface area contributed by atoms with Gasteiger partial charge < -0.3 is 10.6 Å². The molecule has 1 aromatic carbocycles. The van der Waals surface area contributed by atoms with Crippen molar-refractivity contribution in [3.8, 4) is 0 Å². The number of rotatable bonds is 2. The predicted octanol–water partition coefficient (Wildman–Crippen LogP) is 2.31. The van der Waals surface area contributed by atoms with Gasteiger partial charge in [0.25, 0.3) is 5.91 Å². The van der Waals surface area contributed by atoms with Gasteiger partial charge in [-0.25, -0.2) is 4.39 Å². The van der Waals surface area contributed by atoms with E-state index < -0.39 is 5.82 Å². The van der Waals surface area contributed by atoms with Crippen LogP contribution in [0.5, 0.6) is 0 Å². The number of hydrogen-bond donors (Lipinski definition) is 1. The van der Waals surface area contributed by atoms with Gasteiger partial charge in [-0.3, -0.25) is 9.59 Å². The summed E-state index contributed by atoms with van der Waals surface area (Å²) >= 11 is 3.20. The molecule has 2 amide bonds. The molecule has 2 unspecified atom stereocenters. The van der Waals surface area contributed by atoms with Crippen molar-refractivity contribution in [3.05, 3.63) is 34.1 Å². The highest BCUT2D eigenvalue weighted by Gasteiger charge is 2.32. The summed E-state index contributed by atoms with van der Waals surface area (Å²) in [5.41, 5.74) is 5.72. The Bertz CT molecular complexity index is 550. The molecule has 1 aromatic rings. The molecule has 0 radical (unpaired) electrons. The predicted molar refractivity (Wildman–Crippen MR) is 76.5 cm³/mol. The number of likely N-dealkylation sites (tertiary alicyclic amines) is 1. The summed E-state index contributed by atoms with van der Waals surface area (Å²) in [5, 5.41) is 0. The summed E-state index contributed by atoms with van der Waals surface area (Å²) in [6, 6.07) is 3.99. The summed E-state index contributed by atoms with van der Waals surface area (Å²) in [7, 11) is 0. The molecule has 0 spiro atoms. The molecular weight excluding hydrogens is 327 g/mol. The molecular formula is C14H16BrFN2O2. The number of amides is 2. The lowest BCUT2D eigenvalue weighted by Crippen LogP contribution is -2.48. The molecule has 6 heteroatoms. The van der Waals surface area contributed by atoms with Gasteiger partial charge in [0, 0.05) is 17.1 Å². The monoisotopic (exact) mass is 342 g/mol. The Hall–Kier alpha value is -1.43. The first-order valence-electron chi connectivity index (χ1n) is 6.45. The van der Waals surface area contributed by atoms with Gasteiger partial charge in [-0.2, -0.15) is 0 Å². The standard InChI is InChI=1S/C14H16BrFN2O2/c1-8-2-3-9(13(17)19)7-18(8)14(20)11-5-4-10(16)6-12(11)15/h4-6,8-9H,2-3,7H2,1H3,(H2,17,19). The Labute approximate surface area is 125 Å². The average molecular weight is 343 g/mol. The largest absolute Gasteiger partial charge is 0.369 e. The number of primary amides is 1. The van der Waals surface area contributed by atoms with Crippen molar-refractivity contribution in [3.63, 3.8) is 0 Å². The minimum absolute atomic E-state index is 0.0371. The molecule has 0 aromatic heterocycles. The van der Waals surface area contributed by atoms with Gasteiger partial charge in [0.15, 0.2) is 0 Å². The van der Waals surface area contributed by atoms with E-state index in [2.05, 4.69) is 15.9 Å². The van der Waals surface area contributed by atoms with Gasteiger partial charge in [-0.15, -0.1) is 0 Å². The normalized spacial score (nSPS) is 22.6. The summed E-state index contributed by atoms with van der Waals surface area (Å²) in [6.07, 6.45) is 1.43. The number of benzene rings is 1. The van der Waals surface area contributed by atoms with Crippen molar-refractivity contribution < 1.29 is 14.0 Å². The Balaban J connectivity index is 2.24. The smallest absolute Gasteiger partial charge is 0.255 e. The number of carbonyl (C=O) groups is 2. The summed E-state index contributed by atoms with van der Waals surface area (Å²) < 4.78 is 13.5. The molecule has 0 saturated carbocycles. The number of carbonyl (C=O) groups excluding carboxylic acids is 2. The van der Waals surface area contributed by atoms with Gasteiger partial charge in [-0.05, 0) is 53.9 Å². The second-order valence-corrected chi connectivity index (χ2v) is 5.96. The van der Waals surface area contributed by atoms with Gasteiger partial charge in [-0.1, -0.05) is 0 Å². The first kappa shape index (κ1) is 15.0. The fourth-order valence-corrected chi connectivity index (χ4v) is 2.96. The van der Waals surface area contributed by atoms with Crippen molar-refractivity contribution >= 4 is 27.7 Å². The first-order valence-corrected chi connectivity index (χ1v) is 7.24. The second-order valence-electron chi connectivity index (χ2n) is 5.11. The maximum absolute atomic E-state index is 13.1. The van der Waals surface area contributed by atoms with E-state index in [1.165, 1.54) is 18.2 Å². The van der Waals surface area contributed by atoms with Crippen molar-refractivity contribution in [1.82, 2.24) is 4.90 Å². The molecule has 1 heterocycles. The third kappa shape index (κ3) is 3.00. The molecule has 2 rings (SSSR count). The van der Waals surface area contributed by atoms with E-state index in [0.717, 1.165) is 6.42 Å². The van der Waals surface area contributed by atoms with E-state index in [4.69, 9.17) is 5.73 Å². The number of nitrogens with two attached hydrogens (primary N) is 1. The Kier molecular flexibility index (Phi) is 4.42. The molecule has 2 atom stereocenters. The van der Waals surface area contributed by atoms with Crippen LogP contribution in [0, 0.1) is 11.7 Å². The van der Waals surface area contributed by atoms with Gasteiger partial charge in [0.1, 0.15) is 5.82 Å². The maximum atomic E-state index is 13.1. The van der Waals surface area contributed by atoms with Gasteiger partial charge >= 0.3 is 0 Å². The number of halogens is 2. The van der Waals surface area contributed by atoms with Crippen LogP contribution < -0.4 is 5.73 Å². The van der Waals surface area contributed by atoms with Crippen LogP contribution in [0.2, 0.25) is 0 Å². The van der Waals surface area contributed by atoms with E-state index in [1.54, 1.807) is 4.90 Å². The van der Waals surface area contributed by atoms with Crippen LogP contribution in [0.1, 0.15) is 30.1 Å². The molecule has 20 heavy (non-hydrogen) atoms. The summed E-state index contributed by atoms with van der Waals surface area (Å²) in [4.78, 5) is 25.5. The minimum Gasteiger partial charge on any atom is -0.369 e. The lowest BCUT2D eigenvalue weighted by Gasteiger charge is -2.37. The molecule has 108 valence electrons. The summed E-state index contributed by atoms with van der Waals surface area (Å²) in [6.45, 7) is 2.26. The summed E-state index contributed by atoms with van der Waals surface area (Å²) in [5.74, 6) is -1.31. The topological polar surface area (TPSA) is 63.4 Å². The molecule has 2 N–H and O–H groups in total. The van der Waals surface area contributed by atoms with Gasteiger partial charge in [0.2, 0.25) is 5.91 Å². The highest BCUT2D eigenvalue weighted by Crippen LogP contribution is 2.26. The molecule has 1 aliphatic heterocycles. The maximum Gasteiger partial charge on any atom is 0.255 e. The Morgan fingerprint density at radius 1 is 1.40 bits per heavy atom. The van der Waals surface area contributed by atoms with E-state index in [1.807, 2.05) is 6.92 Å². The van der Waals surface area contributed by atoms with Crippen LogP contribution in [0.15, 0.2) is 22.7 Å². The third-order valence-electron chi connectivity index (χ3n) is 3.71. The first-order chi connectivity index (χ1) is 9.40. The minimum atomic E-state index is -0.407. The quantitative estimate of drug-likeness (QED) is 0.896. The zero-order chi connectivity index (χ0) is 14.9. The average Bonchev–Trinajstić information content (AvgIpc) is 2.38. The molecule has 0 bridgehead atoms. The van der Waals surface area contributed by atoms with Crippen molar-refractivity contribution in [2.75, 3.05) is 6.54 Å². The van der Waals surface area contributed by atoms with Crippen LogP contribution in [-0.4, -0.2) is 29.3 Å².